The molecule has 170 valence electrons. The van der Waals surface area contributed by atoms with E-state index in [2.05, 4.69) is 39.3 Å². The number of nitrogens with one attached hydrogen (secondary N) is 2. The molecular weight excluding hydrogens is 426 g/mol. The molecule has 0 spiro atoms. The van der Waals surface area contributed by atoms with Crippen molar-refractivity contribution in [2.75, 3.05) is 36.5 Å². The summed E-state index contributed by atoms with van der Waals surface area (Å²) in [7, 11) is 0. The SMILES string of the molecule is CCCCc1ccc2nc(NC(=O)CCc3c(C)nc(N4CCOCC4)[nH]c3=O)sc2c1. The van der Waals surface area contributed by atoms with Gasteiger partial charge < -0.3 is 15.0 Å². The maximum absolute atomic E-state index is 12.6. The van der Waals surface area contributed by atoms with Gasteiger partial charge in [0.2, 0.25) is 11.9 Å². The number of fused-ring (bicyclic) bond motifs is 1. The highest BCUT2D eigenvalue weighted by molar-refractivity contribution is 7.22. The molecule has 8 nitrogen and oxygen atoms in total. The number of hydrogen-bond donors (Lipinski definition) is 2. The van der Waals surface area contributed by atoms with Crippen LogP contribution in [0.1, 0.15) is 43.0 Å². The molecule has 1 fully saturated rings. The van der Waals surface area contributed by atoms with E-state index in [9.17, 15) is 9.59 Å². The molecule has 1 aliphatic heterocycles. The van der Waals surface area contributed by atoms with Crippen LogP contribution < -0.4 is 15.8 Å². The Balaban J connectivity index is 1.38. The average molecular weight is 456 g/mol. The van der Waals surface area contributed by atoms with Crippen molar-refractivity contribution in [3.63, 3.8) is 0 Å². The van der Waals surface area contributed by atoms with Gasteiger partial charge >= 0.3 is 0 Å². The predicted octanol–water partition coefficient (Wildman–Crippen LogP) is 3.44. The van der Waals surface area contributed by atoms with Crippen molar-refractivity contribution in [1.82, 2.24) is 15.0 Å². The number of morpholine rings is 1. The van der Waals surface area contributed by atoms with Gasteiger partial charge in [0.1, 0.15) is 0 Å². The molecule has 0 bridgehead atoms. The molecule has 0 unspecified atom stereocenters. The number of hydrogen-bond acceptors (Lipinski definition) is 7. The zero-order valence-corrected chi connectivity index (χ0v) is 19.4. The summed E-state index contributed by atoms with van der Waals surface area (Å²) in [5.41, 5.74) is 3.19. The van der Waals surface area contributed by atoms with E-state index >= 15 is 0 Å². The maximum atomic E-state index is 12.6. The number of aryl methyl sites for hydroxylation is 2. The summed E-state index contributed by atoms with van der Waals surface area (Å²) < 4.78 is 6.42. The molecule has 32 heavy (non-hydrogen) atoms. The van der Waals surface area contributed by atoms with E-state index in [1.807, 2.05) is 17.9 Å². The van der Waals surface area contributed by atoms with Gasteiger partial charge in [0.05, 0.1) is 23.4 Å². The van der Waals surface area contributed by atoms with E-state index in [-0.39, 0.29) is 17.9 Å². The van der Waals surface area contributed by atoms with Crippen LogP contribution in [0.4, 0.5) is 11.1 Å². The quantitative estimate of drug-likeness (QED) is 0.540. The van der Waals surface area contributed by atoms with Crippen molar-refractivity contribution in [1.29, 1.82) is 0 Å². The number of aromatic amines is 1. The first-order valence-corrected chi connectivity index (χ1v) is 12.0. The molecule has 4 rings (SSSR count). The number of rotatable bonds is 8. The van der Waals surface area contributed by atoms with E-state index < -0.39 is 0 Å². The highest BCUT2D eigenvalue weighted by atomic mass is 32.1. The third-order valence-electron chi connectivity index (χ3n) is 5.64. The van der Waals surface area contributed by atoms with Gasteiger partial charge in [0.25, 0.3) is 5.56 Å². The van der Waals surface area contributed by atoms with Gasteiger partial charge in [0, 0.05) is 30.8 Å². The summed E-state index contributed by atoms with van der Waals surface area (Å²) in [6.07, 6.45) is 3.90. The zero-order valence-electron chi connectivity index (χ0n) is 18.6. The first-order chi connectivity index (χ1) is 15.5. The highest BCUT2D eigenvalue weighted by Gasteiger charge is 2.17. The molecule has 3 aromatic rings. The summed E-state index contributed by atoms with van der Waals surface area (Å²) in [4.78, 5) is 39.0. The Morgan fingerprint density at radius 2 is 2.06 bits per heavy atom. The van der Waals surface area contributed by atoms with Crippen molar-refractivity contribution >= 4 is 38.5 Å². The van der Waals surface area contributed by atoms with Crippen LogP contribution in [0.2, 0.25) is 0 Å². The second-order valence-corrected chi connectivity index (χ2v) is 9.06. The molecule has 2 aromatic heterocycles. The molecule has 1 saturated heterocycles. The third kappa shape index (κ3) is 5.34. The fourth-order valence-corrected chi connectivity index (χ4v) is 4.74. The lowest BCUT2D eigenvalue weighted by molar-refractivity contribution is -0.116. The van der Waals surface area contributed by atoms with Gasteiger partial charge in [-0.25, -0.2) is 9.97 Å². The predicted molar refractivity (Wildman–Crippen MR) is 128 cm³/mol. The first kappa shape index (κ1) is 22.4. The zero-order chi connectivity index (χ0) is 22.5. The Morgan fingerprint density at radius 3 is 2.81 bits per heavy atom. The molecule has 0 saturated carbocycles. The Hall–Kier alpha value is -2.78. The molecule has 9 heteroatoms. The minimum Gasteiger partial charge on any atom is -0.378 e. The minimum atomic E-state index is -0.189. The summed E-state index contributed by atoms with van der Waals surface area (Å²) in [5, 5.41) is 3.47. The number of ether oxygens (including phenoxy) is 1. The van der Waals surface area contributed by atoms with Crippen molar-refractivity contribution in [2.24, 2.45) is 0 Å². The van der Waals surface area contributed by atoms with Crippen molar-refractivity contribution in [3.8, 4) is 0 Å². The van der Waals surface area contributed by atoms with Gasteiger partial charge in [0.15, 0.2) is 5.13 Å². The standard InChI is InChI=1S/C23H29N5O3S/c1-3-4-5-16-6-8-18-19(14-16)32-23(25-18)26-20(29)9-7-17-15(2)24-22(27-21(17)30)28-10-12-31-13-11-28/h6,8,14H,3-5,7,9-13H2,1-2H3,(H,24,27,30)(H,25,26,29). The van der Waals surface area contributed by atoms with Gasteiger partial charge in [-0.05, 0) is 43.9 Å². The average Bonchev–Trinajstić information content (AvgIpc) is 3.19. The molecule has 1 aliphatic rings. The van der Waals surface area contributed by atoms with Crippen LogP contribution in [0.3, 0.4) is 0 Å². The smallest absolute Gasteiger partial charge is 0.255 e. The second-order valence-electron chi connectivity index (χ2n) is 8.03. The number of H-pyrrole nitrogens is 1. The Bertz CT molecular complexity index is 1150. The van der Waals surface area contributed by atoms with Crippen molar-refractivity contribution in [3.05, 3.63) is 45.4 Å². The molecule has 2 N–H and O–H groups in total. The summed E-state index contributed by atoms with van der Waals surface area (Å²) in [6.45, 7) is 6.64. The van der Waals surface area contributed by atoms with Gasteiger partial charge in [-0.3, -0.25) is 14.6 Å². The molecule has 1 aromatic carbocycles. The van der Waals surface area contributed by atoms with Gasteiger partial charge in [-0.15, -0.1) is 0 Å². The van der Waals surface area contributed by atoms with E-state index in [0.29, 0.717) is 55.1 Å². The number of thiazole rings is 1. The lowest BCUT2D eigenvalue weighted by Gasteiger charge is -2.27. The third-order valence-corrected chi connectivity index (χ3v) is 6.57. The summed E-state index contributed by atoms with van der Waals surface area (Å²) in [6, 6.07) is 6.27. The lowest BCUT2D eigenvalue weighted by Crippen LogP contribution is -2.38. The molecule has 1 amide bonds. The maximum Gasteiger partial charge on any atom is 0.255 e. The number of amides is 1. The van der Waals surface area contributed by atoms with Crippen molar-refractivity contribution in [2.45, 2.75) is 46.0 Å². The number of carbonyl (C=O) groups is 1. The number of benzene rings is 1. The fourth-order valence-electron chi connectivity index (χ4n) is 3.79. The van der Waals surface area contributed by atoms with Gasteiger partial charge in [-0.1, -0.05) is 30.7 Å². The molecule has 0 radical (unpaired) electrons. The molecular formula is C23H29N5O3S. The molecule has 0 aliphatic carbocycles. The molecule has 0 atom stereocenters. The van der Waals surface area contributed by atoms with Crippen LogP contribution in [-0.2, 0) is 22.4 Å². The largest absolute Gasteiger partial charge is 0.378 e. The van der Waals surface area contributed by atoms with E-state index in [1.165, 1.54) is 16.9 Å². The number of nitrogens with zero attached hydrogens (tertiary/aromatic N) is 3. The highest BCUT2D eigenvalue weighted by Crippen LogP contribution is 2.27. The summed E-state index contributed by atoms with van der Waals surface area (Å²) in [5.74, 6) is 0.406. The van der Waals surface area contributed by atoms with E-state index in [0.717, 1.165) is 29.5 Å². The minimum absolute atomic E-state index is 0.161. The second kappa shape index (κ2) is 10.2. The first-order valence-electron chi connectivity index (χ1n) is 11.2. The topological polar surface area (TPSA) is 100 Å². The normalized spacial score (nSPS) is 14.1. The van der Waals surface area contributed by atoms with Crippen LogP contribution in [-0.4, -0.2) is 47.2 Å². The van der Waals surface area contributed by atoms with Crippen LogP contribution in [0.15, 0.2) is 23.0 Å². The molecule has 3 heterocycles. The lowest BCUT2D eigenvalue weighted by atomic mass is 10.1. The van der Waals surface area contributed by atoms with Crippen LogP contribution in [0.5, 0.6) is 0 Å². The number of unbranched alkanes of at least 4 members (excludes halogenated alkanes) is 1. The number of anilines is 2. The Labute approximate surface area is 191 Å². The van der Waals surface area contributed by atoms with Crippen LogP contribution in [0.25, 0.3) is 10.2 Å². The Kier molecular flexibility index (Phi) is 7.16. The Morgan fingerprint density at radius 1 is 1.25 bits per heavy atom. The van der Waals surface area contributed by atoms with E-state index in [4.69, 9.17) is 4.74 Å². The number of aromatic nitrogens is 3. The number of carbonyl (C=O) groups excluding carboxylic acids is 1. The van der Waals surface area contributed by atoms with Gasteiger partial charge in [-0.2, -0.15) is 0 Å². The van der Waals surface area contributed by atoms with Crippen LogP contribution >= 0.6 is 11.3 Å². The summed E-state index contributed by atoms with van der Waals surface area (Å²) >= 11 is 1.48. The van der Waals surface area contributed by atoms with E-state index in [1.54, 1.807) is 0 Å². The monoisotopic (exact) mass is 455 g/mol. The fraction of sp³-hybridized carbons (Fsp3) is 0.478. The van der Waals surface area contributed by atoms with Crippen molar-refractivity contribution < 1.29 is 9.53 Å². The van der Waals surface area contributed by atoms with Crippen LogP contribution in [0, 0.1) is 6.92 Å².